The van der Waals surface area contributed by atoms with Crippen molar-refractivity contribution < 1.29 is 9.53 Å². The number of hydrogen-bond donors (Lipinski definition) is 0. The van der Waals surface area contributed by atoms with E-state index in [1.807, 2.05) is 27.8 Å². The molecular weight excluding hydrogens is 356 g/mol. The van der Waals surface area contributed by atoms with Crippen molar-refractivity contribution in [1.29, 1.82) is 0 Å². The minimum Gasteiger partial charge on any atom is -0.444 e. The molecule has 0 N–H and O–H groups in total. The lowest BCUT2D eigenvalue weighted by Gasteiger charge is -2.28. The molecule has 1 atom stereocenters. The van der Waals surface area contributed by atoms with Crippen molar-refractivity contribution in [2.45, 2.75) is 52.3 Å². The maximum Gasteiger partial charge on any atom is 0.410 e. The number of rotatable bonds is 3. The molecule has 1 fully saturated rings. The van der Waals surface area contributed by atoms with Gasteiger partial charge < -0.3 is 9.64 Å². The first-order valence-electron chi connectivity index (χ1n) is 8.09. The van der Waals surface area contributed by atoms with Gasteiger partial charge in [0.15, 0.2) is 0 Å². The van der Waals surface area contributed by atoms with Crippen molar-refractivity contribution >= 4 is 22.0 Å². The Labute approximate surface area is 147 Å². The van der Waals surface area contributed by atoms with Crippen LogP contribution in [0.15, 0.2) is 22.7 Å². The highest BCUT2D eigenvalue weighted by Gasteiger charge is 2.31. The third kappa shape index (κ3) is 5.21. The number of halogens is 1. The van der Waals surface area contributed by atoms with Crippen LogP contribution in [0.4, 0.5) is 4.79 Å². The number of carbonyl (C=O) groups excluding carboxylic acids is 1. The zero-order valence-corrected chi connectivity index (χ0v) is 16.3. The van der Waals surface area contributed by atoms with E-state index in [0.717, 1.165) is 30.5 Å². The number of ether oxygens (including phenoxy) is 1. The normalized spacial score (nSPS) is 19.0. The van der Waals surface area contributed by atoms with Crippen LogP contribution in [0, 0.1) is 6.92 Å². The monoisotopic (exact) mass is 382 g/mol. The second-order valence-corrected chi connectivity index (χ2v) is 8.26. The van der Waals surface area contributed by atoms with Crippen molar-refractivity contribution in [3.8, 4) is 0 Å². The maximum atomic E-state index is 12.2. The van der Waals surface area contributed by atoms with Gasteiger partial charge in [0.25, 0.3) is 0 Å². The number of carbonyl (C=O) groups is 1. The van der Waals surface area contributed by atoms with Gasteiger partial charge in [-0.1, -0.05) is 22.0 Å². The highest BCUT2D eigenvalue weighted by molar-refractivity contribution is 9.10. The lowest BCUT2D eigenvalue weighted by molar-refractivity contribution is 0.0228. The fraction of sp³-hybridized carbons (Fsp3) is 0.611. The molecule has 1 aliphatic heterocycles. The van der Waals surface area contributed by atoms with Crippen LogP contribution in [-0.2, 0) is 11.3 Å². The fourth-order valence-electron chi connectivity index (χ4n) is 2.81. The number of aryl methyl sites for hydroxylation is 1. The van der Waals surface area contributed by atoms with Crippen molar-refractivity contribution in [2.75, 3.05) is 20.1 Å². The third-order valence-corrected chi connectivity index (χ3v) is 4.68. The van der Waals surface area contributed by atoms with E-state index in [4.69, 9.17) is 4.74 Å². The molecule has 5 heteroatoms. The van der Waals surface area contributed by atoms with Gasteiger partial charge in [0.1, 0.15) is 5.60 Å². The Morgan fingerprint density at radius 1 is 1.43 bits per heavy atom. The predicted octanol–water partition coefficient (Wildman–Crippen LogP) is 4.20. The lowest BCUT2D eigenvalue weighted by atomic mass is 10.1. The Morgan fingerprint density at radius 2 is 2.13 bits per heavy atom. The fourth-order valence-corrected chi connectivity index (χ4v) is 3.21. The number of nitrogens with zero attached hydrogens (tertiary/aromatic N) is 2. The van der Waals surface area contributed by atoms with Crippen molar-refractivity contribution in [3.05, 3.63) is 33.8 Å². The van der Waals surface area contributed by atoms with Gasteiger partial charge in [-0.25, -0.2) is 4.79 Å². The van der Waals surface area contributed by atoms with Crippen LogP contribution in [0.2, 0.25) is 0 Å². The molecule has 1 aromatic carbocycles. The zero-order chi connectivity index (χ0) is 17.2. The molecule has 23 heavy (non-hydrogen) atoms. The molecule has 0 bridgehead atoms. The quantitative estimate of drug-likeness (QED) is 0.784. The van der Waals surface area contributed by atoms with Gasteiger partial charge >= 0.3 is 6.09 Å². The first kappa shape index (κ1) is 18.3. The van der Waals surface area contributed by atoms with Gasteiger partial charge in [0.2, 0.25) is 0 Å². The summed E-state index contributed by atoms with van der Waals surface area (Å²) in [4.78, 5) is 16.3. The Kier molecular flexibility index (Phi) is 5.74. The van der Waals surface area contributed by atoms with E-state index in [2.05, 4.69) is 46.0 Å². The molecule has 0 aromatic heterocycles. The molecule has 1 amide bonds. The number of likely N-dealkylation sites (N-methyl/N-ethyl adjacent to an activating group) is 1. The molecule has 1 heterocycles. The third-order valence-electron chi connectivity index (χ3n) is 4.18. The second-order valence-electron chi connectivity index (χ2n) is 7.34. The molecular formula is C18H27BrN2O2. The van der Waals surface area contributed by atoms with Crippen molar-refractivity contribution in [1.82, 2.24) is 9.80 Å². The van der Waals surface area contributed by atoms with E-state index < -0.39 is 5.60 Å². The van der Waals surface area contributed by atoms with E-state index in [-0.39, 0.29) is 12.1 Å². The summed E-state index contributed by atoms with van der Waals surface area (Å²) in [6.45, 7) is 10.7. The van der Waals surface area contributed by atoms with Crippen LogP contribution < -0.4 is 0 Å². The van der Waals surface area contributed by atoms with Crippen LogP contribution >= 0.6 is 15.9 Å². The number of likely N-dealkylation sites (tertiary alicyclic amines) is 1. The molecule has 0 spiro atoms. The summed E-state index contributed by atoms with van der Waals surface area (Å²) in [5, 5.41) is 0. The SMILES string of the molecule is Cc1ccc(Br)cc1CN1CC[C@H](N(C)C(=O)OC(C)(C)C)C1. The average molecular weight is 383 g/mol. The summed E-state index contributed by atoms with van der Waals surface area (Å²) in [5.74, 6) is 0. The van der Waals surface area contributed by atoms with Gasteiger partial charge in [0.05, 0.1) is 0 Å². The summed E-state index contributed by atoms with van der Waals surface area (Å²) < 4.78 is 6.57. The average Bonchev–Trinajstić information content (AvgIpc) is 2.88. The summed E-state index contributed by atoms with van der Waals surface area (Å²) >= 11 is 3.54. The highest BCUT2D eigenvalue weighted by Crippen LogP contribution is 2.22. The zero-order valence-electron chi connectivity index (χ0n) is 14.7. The van der Waals surface area contributed by atoms with Crippen LogP contribution in [-0.4, -0.2) is 47.7 Å². The first-order valence-corrected chi connectivity index (χ1v) is 8.88. The van der Waals surface area contributed by atoms with E-state index in [9.17, 15) is 4.79 Å². The van der Waals surface area contributed by atoms with Crippen LogP contribution in [0.1, 0.15) is 38.3 Å². The van der Waals surface area contributed by atoms with Gasteiger partial charge in [-0.15, -0.1) is 0 Å². The predicted molar refractivity (Wildman–Crippen MR) is 96.6 cm³/mol. The van der Waals surface area contributed by atoms with Crippen LogP contribution in [0.3, 0.4) is 0 Å². The molecule has 1 aliphatic rings. The van der Waals surface area contributed by atoms with Gasteiger partial charge in [-0.2, -0.15) is 0 Å². The van der Waals surface area contributed by atoms with E-state index in [0.29, 0.717) is 0 Å². The van der Waals surface area contributed by atoms with Gasteiger partial charge in [-0.05, 0) is 57.4 Å². The van der Waals surface area contributed by atoms with Gasteiger partial charge in [-0.3, -0.25) is 4.90 Å². The molecule has 4 nitrogen and oxygen atoms in total. The molecule has 0 saturated carbocycles. The lowest BCUT2D eigenvalue weighted by Crippen LogP contribution is -2.42. The van der Waals surface area contributed by atoms with Crippen LogP contribution in [0.25, 0.3) is 0 Å². The Hall–Kier alpha value is -1.07. The molecule has 0 radical (unpaired) electrons. The number of benzene rings is 1. The summed E-state index contributed by atoms with van der Waals surface area (Å²) in [6.07, 6.45) is 0.756. The Morgan fingerprint density at radius 3 is 2.78 bits per heavy atom. The number of hydrogen-bond acceptors (Lipinski definition) is 3. The minimum absolute atomic E-state index is 0.220. The summed E-state index contributed by atoms with van der Waals surface area (Å²) in [7, 11) is 1.84. The minimum atomic E-state index is -0.447. The van der Waals surface area contributed by atoms with E-state index in [1.54, 1.807) is 4.90 Å². The van der Waals surface area contributed by atoms with Crippen LogP contribution in [0.5, 0.6) is 0 Å². The summed E-state index contributed by atoms with van der Waals surface area (Å²) in [6, 6.07) is 6.61. The number of amides is 1. The first-order chi connectivity index (χ1) is 10.7. The topological polar surface area (TPSA) is 32.8 Å². The molecule has 1 saturated heterocycles. The Bertz CT molecular complexity index is 569. The highest BCUT2D eigenvalue weighted by atomic mass is 79.9. The van der Waals surface area contributed by atoms with E-state index >= 15 is 0 Å². The summed E-state index contributed by atoms with van der Waals surface area (Å²) in [5.41, 5.74) is 2.19. The maximum absolute atomic E-state index is 12.2. The molecule has 2 rings (SSSR count). The Balaban J connectivity index is 1.93. The molecule has 1 aromatic rings. The van der Waals surface area contributed by atoms with E-state index in [1.165, 1.54) is 11.1 Å². The standard InChI is InChI=1S/C18H27BrN2O2/c1-13-6-7-15(19)10-14(13)11-21-9-8-16(12-21)20(5)17(22)23-18(2,3)4/h6-7,10,16H,8-9,11-12H2,1-5H3/t16-/m0/s1. The van der Waals surface area contributed by atoms with Crippen molar-refractivity contribution in [2.24, 2.45) is 0 Å². The molecule has 0 unspecified atom stereocenters. The van der Waals surface area contributed by atoms with Gasteiger partial charge in [0, 0.05) is 37.2 Å². The molecule has 0 aliphatic carbocycles. The molecule has 128 valence electrons. The second kappa shape index (κ2) is 7.22. The van der Waals surface area contributed by atoms with Crippen molar-refractivity contribution in [3.63, 3.8) is 0 Å². The largest absolute Gasteiger partial charge is 0.444 e. The smallest absolute Gasteiger partial charge is 0.410 e.